The standard InChI is InChI=1S/C26H23ClFN3O3/c27-22-16-21(6-7-23(22)28)29-26(33)31-10-9-20-15-19(5-8-24(20)31)17-1-3-18(4-2-17)25(32)30-11-13-34-14-12-30/h1-8,15-16H,9-14H2,(H,29,33). The minimum absolute atomic E-state index is 0.0212. The molecule has 3 aromatic carbocycles. The molecule has 3 aromatic rings. The first kappa shape index (κ1) is 22.4. The minimum Gasteiger partial charge on any atom is -0.378 e. The fourth-order valence-corrected chi connectivity index (χ4v) is 4.49. The average molecular weight is 480 g/mol. The maximum absolute atomic E-state index is 13.4. The number of rotatable bonds is 3. The van der Waals surface area contributed by atoms with E-state index in [4.69, 9.17) is 16.3 Å². The Balaban J connectivity index is 1.29. The predicted octanol–water partition coefficient (Wildman–Crippen LogP) is 5.21. The zero-order valence-corrected chi connectivity index (χ0v) is 19.1. The Hall–Kier alpha value is -3.42. The van der Waals surface area contributed by atoms with E-state index >= 15 is 0 Å². The summed E-state index contributed by atoms with van der Waals surface area (Å²) in [6.45, 7) is 2.93. The summed E-state index contributed by atoms with van der Waals surface area (Å²) in [4.78, 5) is 28.9. The smallest absolute Gasteiger partial charge is 0.326 e. The van der Waals surface area contributed by atoms with Gasteiger partial charge in [-0.1, -0.05) is 29.8 Å². The van der Waals surface area contributed by atoms with E-state index in [-0.39, 0.29) is 17.0 Å². The lowest BCUT2D eigenvalue weighted by atomic mass is 10.0. The Bertz CT molecular complexity index is 1240. The summed E-state index contributed by atoms with van der Waals surface area (Å²) < 4.78 is 18.7. The number of benzene rings is 3. The van der Waals surface area contributed by atoms with E-state index in [0.717, 1.165) is 28.8 Å². The van der Waals surface area contributed by atoms with Crippen molar-refractivity contribution in [3.05, 3.63) is 82.6 Å². The first-order valence-corrected chi connectivity index (χ1v) is 11.5. The van der Waals surface area contributed by atoms with Crippen LogP contribution in [-0.4, -0.2) is 49.7 Å². The number of halogens is 2. The van der Waals surface area contributed by atoms with Gasteiger partial charge in [0.1, 0.15) is 5.82 Å². The van der Waals surface area contributed by atoms with E-state index < -0.39 is 5.82 Å². The van der Waals surface area contributed by atoms with Crippen molar-refractivity contribution < 1.29 is 18.7 Å². The van der Waals surface area contributed by atoms with Crippen LogP contribution in [-0.2, 0) is 11.2 Å². The molecule has 6 nitrogen and oxygen atoms in total. The second-order valence-corrected chi connectivity index (χ2v) is 8.69. The molecule has 2 aliphatic heterocycles. The number of ether oxygens (including phenoxy) is 1. The molecule has 0 aromatic heterocycles. The van der Waals surface area contributed by atoms with Gasteiger partial charge in [0.05, 0.1) is 18.2 Å². The van der Waals surface area contributed by atoms with Crippen molar-refractivity contribution >= 4 is 34.9 Å². The van der Waals surface area contributed by atoms with Gasteiger partial charge < -0.3 is 15.0 Å². The van der Waals surface area contributed by atoms with Crippen LogP contribution in [0.5, 0.6) is 0 Å². The molecular formula is C26H23ClFN3O3. The monoisotopic (exact) mass is 479 g/mol. The number of nitrogens with zero attached hydrogens (tertiary/aromatic N) is 2. The number of hydrogen-bond donors (Lipinski definition) is 1. The average Bonchev–Trinajstić information content (AvgIpc) is 3.30. The number of hydrogen-bond acceptors (Lipinski definition) is 3. The van der Waals surface area contributed by atoms with Gasteiger partial charge in [-0.15, -0.1) is 0 Å². The zero-order chi connectivity index (χ0) is 23.7. The summed E-state index contributed by atoms with van der Waals surface area (Å²) in [5.74, 6) is -0.509. The number of anilines is 2. The Morgan fingerprint density at radius 1 is 0.912 bits per heavy atom. The molecule has 5 rings (SSSR count). The van der Waals surface area contributed by atoms with Crippen LogP contribution in [0.2, 0.25) is 5.02 Å². The van der Waals surface area contributed by atoms with Crippen molar-refractivity contribution in [3.8, 4) is 11.1 Å². The highest BCUT2D eigenvalue weighted by molar-refractivity contribution is 6.31. The third-order valence-corrected chi connectivity index (χ3v) is 6.44. The SMILES string of the molecule is O=C(c1ccc(-c2ccc3c(c2)CCN3C(=O)Nc2ccc(F)c(Cl)c2)cc1)N1CCOCC1. The van der Waals surface area contributed by atoms with Crippen molar-refractivity contribution in [3.63, 3.8) is 0 Å². The predicted molar refractivity (Wildman–Crippen MR) is 130 cm³/mol. The van der Waals surface area contributed by atoms with Gasteiger partial charge >= 0.3 is 6.03 Å². The topological polar surface area (TPSA) is 61.9 Å². The molecule has 174 valence electrons. The van der Waals surface area contributed by atoms with Crippen LogP contribution in [0.4, 0.5) is 20.6 Å². The lowest BCUT2D eigenvalue weighted by Crippen LogP contribution is -2.40. The summed E-state index contributed by atoms with van der Waals surface area (Å²) in [6, 6.07) is 17.4. The van der Waals surface area contributed by atoms with E-state index in [0.29, 0.717) is 44.1 Å². The Labute approximate surface area is 201 Å². The van der Waals surface area contributed by atoms with Crippen LogP contribution in [0.3, 0.4) is 0 Å². The van der Waals surface area contributed by atoms with Crippen LogP contribution < -0.4 is 10.2 Å². The highest BCUT2D eigenvalue weighted by Gasteiger charge is 2.25. The maximum atomic E-state index is 13.4. The maximum Gasteiger partial charge on any atom is 0.326 e. The first-order valence-electron chi connectivity index (χ1n) is 11.1. The second-order valence-electron chi connectivity index (χ2n) is 8.29. The fraction of sp³-hybridized carbons (Fsp3) is 0.231. The van der Waals surface area contributed by atoms with Crippen molar-refractivity contribution in [2.75, 3.05) is 43.1 Å². The summed E-state index contributed by atoms with van der Waals surface area (Å²) >= 11 is 5.81. The van der Waals surface area contributed by atoms with Crippen molar-refractivity contribution in [2.45, 2.75) is 6.42 Å². The van der Waals surface area contributed by atoms with Gasteiger partial charge in [-0.3, -0.25) is 9.69 Å². The van der Waals surface area contributed by atoms with E-state index in [1.807, 2.05) is 41.3 Å². The molecule has 2 heterocycles. The van der Waals surface area contributed by atoms with Gasteiger partial charge in [0, 0.05) is 36.6 Å². The number of carbonyl (C=O) groups is 2. The van der Waals surface area contributed by atoms with Gasteiger partial charge in [0.2, 0.25) is 0 Å². The van der Waals surface area contributed by atoms with Crippen molar-refractivity contribution in [1.82, 2.24) is 4.90 Å². The van der Waals surface area contributed by atoms with Gasteiger partial charge in [-0.05, 0) is 65.6 Å². The third kappa shape index (κ3) is 4.49. The van der Waals surface area contributed by atoms with E-state index in [9.17, 15) is 14.0 Å². The van der Waals surface area contributed by atoms with Crippen molar-refractivity contribution in [2.24, 2.45) is 0 Å². The molecule has 34 heavy (non-hydrogen) atoms. The van der Waals surface area contributed by atoms with Gasteiger partial charge in [0.15, 0.2) is 0 Å². The van der Waals surface area contributed by atoms with Gasteiger partial charge in [-0.2, -0.15) is 0 Å². The molecule has 0 bridgehead atoms. The Morgan fingerprint density at radius 2 is 1.65 bits per heavy atom. The Morgan fingerprint density at radius 3 is 2.38 bits per heavy atom. The van der Waals surface area contributed by atoms with E-state index in [1.54, 1.807) is 4.90 Å². The molecule has 1 saturated heterocycles. The number of amides is 3. The van der Waals surface area contributed by atoms with Crippen LogP contribution in [0, 0.1) is 5.82 Å². The van der Waals surface area contributed by atoms with E-state index in [2.05, 4.69) is 11.4 Å². The molecule has 0 unspecified atom stereocenters. The molecule has 2 aliphatic rings. The number of urea groups is 1. The summed E-state index contributed by atoms with van der Waals surface area (Å²) in [5.41, 5.74) is 5.04. The summed E-state index contributed by atoms with van der Waals surface area (Å²) in [7, 11) is 0. The third-order valence-electron chi connectivity index (χ3n) is 6.15. The van der Waals surface area contributed by atoms with Crippen LogP contribution in [0.25, 0.3) is 11.1 Å². The summed E-state index contributed by atoms with van der Waals surface area (Å²) in [5, 5.41) is 2.74. The molecule has 0 spiro atoms. The molecule has 0 radical (unpaired) electrons. The normalized spacial score (nSPS) is 15.2. The van der Waals surface area contributed by atoms with Gasteiger partial charge in [0.25, 0.3) is 5.91 Å². The lowest BCUT2D eigenvalue weighted by Gasteiger charge is -2.26. The van der Waals surface area contributed by atoms with Crippen molar-refractivity contribution in [1.29, 1.82) is 0 Å². The molecular weight excluding hydrogens is 457 g/mol. The largest absolute Gasteiger partial charge is 0.378 e. The summed E-state index contributed by atoms with van der Waals surface area (Å²) in [6.07, 6.45) is 0.731. The van der Waals surface area contributed by atoms with E-state index in [1.165, 1.54) is 18.2 Å². The molecule has 1 N–H and O–H groups in total. The highest BCUT2D eigenvalue weighted by atomic mass is 35.5. The van der Waals surface area contributed by atoms with Gasteiger partial charge in [-0.25, -0.2) is 9.18 Å². The molecule has 0 aliphatic carbocycles. The highest BCUT2D eigenvalue weighted by Crippen LogP contribution is 2.33. The molecule has 8 heteroatoms. The molecule has 1 fully saturated rings. The van der Waals surface area contributed by atoms with Crippen LogP contribution >= 0.6 is 11.6 Å². The number of nitrogens with one attached hydrogen (secondary N) is 1. The zero-order valence-electron chi connectivity index (χ0n) is 18.4. The number of morpholine rings is 1. The Kier molecular flexibility index (Phi) is 6.22. The first-order chi connectivity index (χ1) is 16.5. The number of fused-ring (bicyclic) bond motifs is 1. The molecule has 3 amide bonds. The molecule has 0 saturated carbocycles. The second kappa shape index (κ2) is 9.44. The fourth-order valence-electron chi connectivity index (χ4n) is 4.31. The minimum atomic E-state index is -0.530. The quantitative estimate of drug-likeness (QED) is 0.560. The molecule has 0 atom stereocenters. The lowest BCUT2D eigenvalue weighted by molar-refractivity contribution is 0.0303. The van der Waals surface area contributed by atoms with Crippen LogP contribution in [0.1, 0.15) is 15.9 Å². The number of carbonyl (C=O) groups excluding carboxylic acids is 2. The van der Waals surface area contributed by atoms with Crippen LogP contribution in [0.15, 0.2) is 60.7 Å².